The zero-order valence-electron chi connectivity index (χ0n) is 21.7. The summed E-state index contributed by atoms with van der Waals surface area (Å²) in [6, 6.07) is 10.0. The van der Waals surface area contributed by atoms with Gasteiger partial charge in [-0.3, -0.25) is 0 Å². The van der Waals surface area contributed by atoms with E-state index in [4.69, 9.17) is 22.8 Å². The number of alkyl halides is 3. The van der Waals surface area contributed by atoms with Gasteiger partial charge in [-0.2, -0.15) is 4.98 Å². The van der Waals surface area contributed by atoms with Gasteiger partial charge in [0.15, 0.2) is 22.5 Å². The minimum atomic E-state index is -4.94. The summed E-state index contributed by atoms with van der Waals surface area (Å²) in [5.41, 5.74) is 7.21. The Morgan fingerprint density at radius 3 is 2.62 bits per heavy atom. The van der Waals surface area contributed by atoms with Crippen molar-refractivity contribution >= 4 is 23.4 Å². The molecule has 4 rings (SSSR count). The van der Waals surface area contributed by atoms with Crippen LogP contribution in [0.1, 0.15) is 25.8 Å². The minimum Gasteiger partial charge on any atom is -0.421 e. The summed E-state index contributed by atoms with van der Waals surface area (Å²) in [4.78, 5) is 4.34. The van der Waals surface area contributed by atoms with E-state index in [-0.39, 0.29) is 17.7 Å². The summed E-state index contributed by atoms with van der Waals surface area (Å²) >= 11 is 5.13. The Labute approximate surface area is 233 Å². The number of benzene rings is 2. The van der Waals surface area contributed by atoms with E-state index >= 15 is 0 Å². The number of nitrogens with two attached hydrogens (primary N) is 1. The Morgan fingerprint density at radius 1 is 1.18 bits per heavy atom. The number of hydrazine groups is 1. The maximum Gasteiger partial charge on any atom is 0.573 e. The SMILES string of the molecule is CC(C)C1=C(NC(=S)NN)C=CC(=Cc2cccc(-c3nc(Oc4ccc(OC(F)(F)F)cc4F)n(C)n3)c2)C1. The van der Waals surface area contributed by atoms with Crippen molar-refractivity contribution in [2.24, 2.45) is 18.8 Å². The molecule has 210 valence electrons. The minimum absolute atomic E-state index is 0.0472. The van der Waals surface area contributed by atoms with Crippen LogP contribution in [0.5, 0.6) is 17.5 Å². The molecule has 0 spiro atoms. The first-order valence-electron chi connectivity index (χ1n) is 12.1. The largest absolute Gasteiger partial charge is 0.573 e. The lowest BCUT2D eigenvalue weighted by atomic mass is 9.89. The van der Waals surface area contributed by atoms with Gasteiger partial charge in [-0.05, 0) is 65.5 Å². The number of rotatable bonds is 7. The van der Waals surface area contributed by atoms with Crippen LogP contribution in [-0.2, 0) is 7.05 Å². The summed E-state index contributed by atoms with van der Waals surface area (Å²) in [5.74, 6) is 3.92. The van der Waals surface area contributed by atoms with E-state index in [2.05, 4.69) is 45.5 Å². The molecule has 8 nitrogen and oxygen atoms in total. The summed E-state index contributed by atoms with van der Waals surface area (Å²) in [7, 11) is 1.56. The van der Waals surface area contributed by atoms with Crippen LogP contribution in [0.15, 0.2) is 71.5 Å². The molecule has 1 heterocycles. The van der Waals surface area contributed by atoms with Crippen LogP contribution in [0.4, 0.5) is 17.6 Å². The van der Waals surface area contributed by atoms with Crippen molar-refractivity contribution in [3.8, 4) is 28.9 Å². The fourth-order valence-corrected chi connectivity index (χ4v) is 4.10. The normalized spacial score (nSPS) is 14.6. The third-order valence-electron chi connectivity index (χ3n) is 5.84. The molecule has 40 heavy (non-hydrogen) atoms. The van der Waals surface area contributed by atoms with Gasteiger partial charge in [-0.15, -0.1) is 18.3 Å². The molecule has 1 aliphatic rings. The Balaban J connectivity index is 1.52. The summed E-state index contributed by atoms with van der Waals surface area (Å²) in [5, 5.41) is 7.79. The Bertz CT molecular complexity index is 1510. The Kier molecular flexibility index (Phi) is 8.55. The molecule has 0 unspecified atom stereocenters. The van der Waals surface area contributed by atoms with Gasteiger partial charge >= 0.3 is 12.4 Å². The predicted octanol–water partition coefficient (Wildman–Crippen LogP) is 5.90. The summed E-state index contributed by atoms with van der Waals surface area (Å²) in [6.07, 6.45) is 1.80. The van der Waals surface area contributed by atoms with E-state index in [1.807, 2.05) is 36.4 Å². The average Bonchev–Trinajstić information content (AvgIpc) is 3.25. The van der Waals surface area contributed by atoms with Gasteiger partial charge in [0.1, 0.15) is 5.75 Å². The summed E-state index contributed by atoms with van der Waals surface area (Å²) in [6.45, 7) is 4.21. The number of thiocarbonyl (C=S) groups is 1. The van der Waals surface area contributed by atoms with Crippen LogP contribution in [0.25, 0.3) is 17.5 Å². The van der Waals surface area contributed by atoms with Crippen LogP contribution in [0.3, 0.4) is 0 Å². The topological polar surface area (TPSA) is 99.3 Å². The quantitative estimate of drug-likeness (QED) is 0.139. The molecule has 0 aliphatic heterocycles. The van der Waals surface area contributed by atoms with Crippen molar-refractivity contribution in [1.29, 1.82) is 0 Å². The van der Waals surface area contributed by atoms with Crippen molar-refractivity contribution < 1.29 is 27.0 Å². The smallest absolute Gasteiger partial charge is 0.421 e. The zero-order chi connectivity index (χ0) is 29.0. The van der Waals surface area contributed by atoms with Crippen molar-refractivity contribution in [2.45, 2.75) is 26.6 Å². The molecule has 1 aliphatic carbocycles. The van der Waals surface area contributed by atoms with E-state index in [0.29, 0.717) is 29.0 Å². The van der Waals surface area contributed by atoms with Crippen molar-refractivity contribution in [2.75, 3.05) is 0 Å². The van der Waals surface area contributed by atoms with Crippen LogP contribution >= 0.6 is 12.2 Å². The van der Waals surface area contributed by atoms with Crippen molar-refractivity contribution in [3.05, 3.63) is 82.8 Å². The molecule has 3 aromatic rings. The second-order valence-electron chi connectivity index (χ2n) is 9.13. The number of aromatic nitrogens is 3. The van der Waals surface area contributed by atoms with E-state index in [1.165, 1.54) is 10.3 Å². The molecular formula is C27H26F4N6O2S. The number of allylic oxidation sites excluding steroid dienone is 4. The highest BCUT2D eigenvalue weighted by molar-refractivity contribution is 7.80. The van der Waals surface area contributed by atoms with Gasteiger partial charge in [-0.25, -0.2) is 14.9 Å². The molecule has 0 atom stereocenters. The number of ether oxygens (including phenoxy) is 2. The maximum absolute atomic E-state index is 14.4. The molecule has 1 aromatic heterocycles. The lowest BCUT2D eigenvalue weighted by Crippen LogP contribution is -2.39. The van der Waals surface area contributed by atoms with E-state index in [9.17, 15) is 17.6 Å². The number of hydrogen-bond donors (Lipinski definition) is 3. The van der Waals surface area contributed by atoms with E-state index in [0.717, 1.165) is 29.0 Å². The Hall–Kier alpha value is -4.23. The van der Waals surface area contributed by atoms with Crippen LogP contribution in [0, 0.1) is 11.7 Å². The molecular weight excluding hydrogens is 548 g/mol. The molecule has 0 amide bonds. The molecule has 0 saturated carbocycles. The van der Waals surface area contributed by atoms with Gasteiger partial charge in [0.2, 0.25) is 0 Å². The van der Waals surface area contributed by atoms with E-state index in [1.54, 1.807) is 7.05 Å². The molecule has 13 heteroatoms. The second-order valence-corrected chi connectivity index (χ2v) is 9.54. The lowest BCUT2D eigenvalue weighted by Gasteiger charge is -2.22. The molecule has 0 fully saturated rings. The maximum atomic E-state index is 14.4. The second kappa shape index (κ2) is 11.9. The van der Waals surface area contributed by atoms with Crippen LogP contribution in [0.2, 0.25) is 0 Å². The van der Waals surface area contributed by atoms with Crippen LogP contribution < -0.4 is 26.1 Å². The number of nitrogens with zero attached hydrogens (tertiary/aromatic N) is 3. The van der Waals surface area contributed by atoms with E-state index < -0.39 is 17.9 Å². The van der Waals surface area contributed by atoms with Gasteiger partial charge < -0.3 is 20.2 Å². The first-order chi connectivity index (χ1) is 18.9. The molecule has 0 radical (unpaired) electrons. The highest BCUT2D eigenvalue weighted by atomic mass is 32.1. The lowest BCUT2D eigenvalue weighted by molar-refractivity contribution is -0.274. The van der Waals surface area contributed by atoms with Gasteiger partial charge in [-0.1, -0.05) is 44.2 Å². The highest BCUT2D eigenvalue weighted by Gasteiger charge is 2.31. The number of aryl methyl sites for hydroxylation is 1. The average molecular weight is 575 g/mol. The number of hydrogen-bond acceptors (Lipinski definition) is 6. The first-order valence-corrected chi connectivity index (χ1v) is 12.5. The first kappa shape index (κ1) is 28.8. The monoisotopic (exact) mass is 574 g/mol. The highest BCUT2D eigenvalue weighted by Crippen LogP contribution is 2.32. The Morgan fingerprint density at radius 2 is 1.95 bits per heavy atom. The predicted molar refractivity (Wildman–Crippen MR) is 146 cm³/mol. The third kappa shape index (κ3) is 7.24. The van der Waals surface area contributed by atoms with Crippen LogP contribution in [-0.4, -0.2) is 26.2 Å². The molecule has 4 N–H and O–H groups in total. The molecule has 0 saturated heterocycles. The van der Waals surface area contributed by atoms with Crippen molar-refractivity contribution in [3.63, 3.8) is 0 Å². The third-order valence-corrected chi connectivity index (χ3v) is 6.06. The molecule has 2 aromatic carbocycles. The zero-order valence-corrected chi connectivity index (χ0v) is 22.5. The fraction of sp³-hybridized carbons (Fsp3) is 0.222. The van der Waals surface area contributed by atoms with Gasteiger partial charge in [0.05, 0.1) is 0 Å². The van der Waals surface area contributed by atoms with Gasteiger partial charge in [0, 0.05) is 24.4 Å². The summed E-state index contributed by atoms with van der Waals surface area (Å²) < 4.78 is 62.1. The number of halogens is 4. The fourth-order valence-electron chi connectivity index (χ4n) is 3.99. The number of nitrogens with one attached hydrogen (secondary N) is 2. The van der Waals surface area contributed by atoms with Gasteiger partial charge in [0.25, 0.3) is 0 Å². The standard InChI is InChI=1S/C27H26F4N6O2S/c1-15(2)20-13-17(7-9-22(20)33-25(40)35-32)11-16-5-4-6-18(12-16)24-34-26(37(3)36-24)38-23-10-8-19(14-21(23)28)39-27(29,30)31/h4-12,14-15H,13,32H2,1-3H3,(H2,33,35,40). The molecule has 0 bridgehead atoms. The van der Waals surface area contributed by atoms with Crippen molar-refractivity contribution in [1.82, 2.24) is 25.5 Å².